The zero-order chi connectivity index (χ0) is 9.80. The van der Waals surface area contributed by atoms with Crippen LogP contribution >= 0.6 is 0 Å². The second-order valence-corrected chi connectivity index (χ2v) is 3.20. The lowest BCUT2D eigenvalue weighted by molar-refractivity contribution is 0.0303. The molecule has 0 spiro atoms. The van der Waals surface area contributed by atoms with Crippen molar-refractivity contribution >= 4 is 5.91 Å². The molecule has 3 heteroatoms. The fourth-order valence-corrected chi connectivity index (χ4v) is 1.48. The molecule has 14 heavy (non-hydrogen) atoms. The van der Waals surface area contributed by atoms with E-state index in [4.69, 9.17) is 4.74 Å². The lowest BCUT2D eigenvalue weighted by atomic mass is 10.2. The van der Waals surface area contributed by atoms with E-state index in [9.17, 15) is 4.79 Å². The van der Waals surface area contributed by atoms with Gasteiger partial charge in [0.2, 0.25) is 0 Å². The van der Waals surface area contributed by atoms with Gasteiger partial charge in [-0.05, 0) is 18.2 Å². The van der Waals surface area contributed by atoms with E-state index in [1.54, 1.807) is 12.1 Å². The summed E-state index contributed by atoms with van der Waals surface area (Å²) < 4.78 is 5.18. The van der Waals surface area contributed by atoms with Crippen LogP contribution in [0.25, 0.3) is 0 Å². The van der Waals surface area contributed by atoms with Gasteiger partial charge in [0.05, 0.1) is 13.2 Å². The van der Waals surface area contributed by atoms with Crippen molar-refractivity contribution in [3.63, 3.8) is 0 Å². The Hall–Kier alpha value is -1.35. The molecule has 1 aromatic carbocycles. The molecule has 0 atom stereocenters. The monoisotopic (exact) mass is 190 g/mol. The standard InChI is InChI=1S/C11H12NO2/c13-11(10-4-2-1-3-5-10)12-6-8-14-9-7-12/h1-2,4-5H,6-9H2. The fraction of sp³-hybridized carbons (Fsp3) is 0.364. The summed E-state index contributed by atoms with van der Waals surface area (Å²) in [5.74, 6) is 0.0742. The molecular weight excluding hydrogens is 178 g/mol. The predicted molar refractivity (Wildman–Crippen MR) is 52.0 cm³/mol. The fourth-order valence-electron chi connectivity index (χ4n) is 1.48. The number of morpholine rings is 1. The summed E-state index contributed by atoms with van der Waals surface area (Å²) in [7, 11) is 0. The summed E-state index contributed by atoms with van der Waals surface area (Å²) in [4.78, 5) is 13.7. The Labute approximate surface area is 83.3 Å². The van der Waals surface area contributed by atoms with E-state index in [1.165, 1.54) is 0 Å². The topological polar surface area (TPSA) is 29.5 Å². The van der Waals surface area contributed by atoms with Gasteiger partial charge in [0.25, 0.3) is 5.91 Å². The first-order chi connectivity index (χ1) is 6.88. The van der Waals surface area contributed by atoms with Crippen molar-refractivity contribution in [3.05, 3.63) is 35.9 Å². The molecule has 0 saturated carbocycles. The van der Waals surface area contributed by atoms with E-state index in [1.807, 2.05) is 17.0 Å². The van der Waals surface area contributed by atoms with Crippen molar-refractivity contribution < 1.29 is 9.53 Å². The summed E-state index contributed by atoms with van der Waals surface area (Å²) in [6.45, 7) is 2.66. The molecule has 0 unspecified atom stereocenters. The zero-order valence-electron chi connectivity index (χ0n) is 7.90. The van der Waals surface area contributed by atoms with Gasteiger partial charge in [-0.25, -0.2) is 0 Å². The summed E-state index contributed by atoms with van der Waals surface area (Å²) in [6, 6.07) is 10.1. The van der Waals surface area contributed by atoms with Crippen LogP contribution in [0.2, 0.25) is 0 Å². The quantitative estimate of drug-likeness (QED) is 0.660. The lowest BCUT2D eigenvalue weighted by Crippen LogP contribution is -2.40. The molecule has 1 radical (unpaired) electrons. The van der Waals surface area contributed by atoms with E-state index in [0.717, 1.165) is 0 Å². The highest BCUT2D eigenvalue weighted by Gasteiger charge is 2.17. The first kappa shape index (κ1) is 9.21. The molecular formula is C11H12NO2. The van der Waals surface area contributed by atoms with Crippen LogP contribution in [-0.4, -0.2) is 37.1 Å². The number of ether oxygens (including phenoxy) is 1. The van der Waals surface area contributed by atoms with Crippen molar-refractivity contribution in [3.8, 4) is 0 Å². The summed E-state index contributed by atoms with van der Waals surface area (Å²) in [5.41, 5.74) is 0.703. The summed E-state index contributed by atoms with van der Waals surface area (Å²) in [6.07, 6.45) is 0. The van der Waals surface area contributed by atoms with Gasteiger partial charge in [-0.2, -0.15) is 0 Å². The van der Waals surface area contributed by atoms with Gasteiger partial charge in [0, 0.05) is 18.7 Å². The Bertz CT molecular complexity index is 304. The second-order valence-electron chi connectivity index (χ2n) is 3.20. The number of hydrogen-bond donors (Lipinski definition) is 0. The highest BCUT2D eigenvalue weighted by Crippen LogP contribution is 2.06. The Morgan fingerprint density at radius 2 is 2.21 bits per heavy atom. The molecule has 0 aromatic heterocycles. The average Bonchev–Trinajstić information content (AvgIpc) is 2.30. The largest absolute Gasteiger partial charge is 0.378 e. The molecule has 1 aliphatic heterocycles. The lowest BCUT2D eigenvalue weighted by Gasteiger charge is -2.26. The Kier molecular flexibility index (Phi) is 2.79. The van der Waals surface area contributed by atoms with E-state index in [2.05, 4.69) is 6.07 Å². The zero-order valence-corrected chi connectivity index (χ0v) is 7.90. The van der Waals surface area contributed by atoms with Crippen LogP contribution in [0.3, 0.4) is 0 Å². The smallest absolute Gasteiger partial charge is 0.254 e. The van der Waals surface area contributed by atoms with Crippen LogP contribution in [0, 0.1) is 6.07 Å². The van der Waals surface area contributed by atoms with Gasteiger partial charge in [-0.15, -0.1) is 0 Å². The SMILES string of the molecule is O=C(c1c[c]ccc1)N1CCOCC1. The van der Waals surface area contributed by atoms with E-state index < -0.39 is 0 Å². The first-order valence-corrected chi connectivity index (χ1v) is 4.71. The maximum atomic E-state index is 11.9. The van der Waals surface area contributed by atoms with E-state index >= 15 is 0 Å². The van der Waals surface area contributed by atoms with E-state index in [-0.39, 0.29) is 5.91 Å². The van der Waals surface area contributed by atoms with Crippen LogP contribution in [-0.2, 0) is 4.74 Å². The van der Waals surface area contributed by atoms with E-state index in [0.29, 0.717) is 31.9 Å². The summed E-state index contributed by atoms with van der Waals surface area (Å²) in [5, 5.41) is 0. The van der Waals surface area contributed by atoms with Crippen LogP contribution < -0.4 is 0 Å². The molecule has 1 aliphatic rings. The van der Waals surface area contributed by atoms with Gasteiger partial charge in [0.15, 0.2) is 0 Å². The van der Waals surface area contributed by atoms with Crippen LogP contribution in [0.1, 0.15) is 10.4 Å². The van der Waals surface area contributed by atoms with Gasteiger partial charge in [-0.3, -0.25) is 4.79 Å². The van der Waals surface area contributed by atoms with Crippen LogP contribution in [0.4, 0.5) is 0 Å². The maximum absolute atomic E-state index is 11.9. The van der Waals surface area contributed by atoms with Gasteiger partial charge >= 0.3 is 0 Å². The van der Waals surface area contributed by atoms with Crippen molar-refractivity contribution in [2.45, 2.75) is 0 Å². The number of carbonyl (C=O) groups excluding carboxylic acids is 1. The van der Waals surface area contributed by atoms with Crippen LogP contribution in [0.15, 0.2) is 24.3 Å². The molecule has 0 N–H and O–H groups in total. The molecule has 1 fully saturated rings. The van der Waals surface area contributed by atoms with Crippen molar-refractivity contribution in [2.24, 2.45) is 0 Å². The van der Waals surface area contributed by atoms with Gasteiger partial charge in [-0.1, -0.05) is 12.1 Å². The predicted octanol–water partition coefficient (Wildman–Crippen LogP) is 0.959. The minimum absolute atomic E-state index is 0.0742. The highest BCUT2D eigenvalue weighted by molar-refractivity contribution is 5.94. The van der Waals surface area contributed by atoms with Crippen molar-refractivity contribution in [1.82, 2.24) is 4.90 Å². The van der Waals surface area contributed by atoms with Crippen LogP contribution in [0.5, 0.6) is 0 Å². The molecule has 2 rings (SSSR count). The average molecular weight is 190 g/mol. The number of hydrogen-bond acceptors (Lipinski definition) is 2. The van der Waals surface area contributed by atoms with Crippen molar-refractivity contribution in [2.75, 3.05) is 26.3 Å². The molecule has 1 amide bonds. The van der Waals surface area contributed by atoms with Gasteiger partial charge in [0.1, 0.15) is 0 Å². The summed E-state index contributed by atoms with van der Waals surface area (Å²) >= 11 is 0. The maximum Gasteiger partial charge on any atom is 0.254 e. The molecule has 1 aromatic rings. The third-order valence-corrected chi connectivity index (χ3v) is 2.25. The van der Waals surface area contributed by atoms with Gasteiger partial charge < -0.3 is 9.64 Å². The molecule has 3 nitrogen and oxygen atoms in total. The Balaban J connectivity index is 2.07. The number of amides is 1. The molecule has 0 bridgehead atoms. The Morgan fingerprint density at radius 1 is 1.43 bits per heavy atom. The minimum atomic E-state index is 0.0742. The molecule has 73 valence electrons. The Morgan fingerprint density at radius 3 is 2.86 bits per heavy atom. The minimum Gasteiger partial charge on any atom is -0.378 e. The molecule has 0 aliphatic carbocycles. The molecule has 1 heterocycles. The second kappa shape index (κ2) is 4.24. The number of carbonyl (C=O) groups is 1. The van der Waals surface area contributed by atoms with Crippen molar-refractivity contribution in [1.29, 1.82) is 0 Å². The number of benzene rings is 1. The normalized spacial score (nSPS) is 16.7. The first-order valence-electron chi connectivity index (χ1n) is 4.71. The highest BCUT2D eigenvalue weighted by atomic mass is 16.5. The third-order valence-electron chi connectivity index (χ3n) is 2.25. The molecule has 1 saturated heterocycles. The third kappa shape index (κ3) is 1.93. The number of nitrogens with zero attached hydrogens (tertiary/aromatic N) is 1. The number of rotatable bonds is 1.